The van der Waals surface area contributed by atoms with Gasteiger partial charge in [0.1, 0.15) is 5.52 Å². The molecule has 0 spiro atoms. The molecule has 5 rings (SSSR count). The van der Waals surface area contributed by atoms with Crippen molar-refractivity contribution in [1.82, 2.24) is 24.9 Å². The van der Waals surface area contributed by atoms with Crippen LogP contribution in [-0.2, 0) is 0 Å². The fourth-order valence-corrected chi connectivity index (χ4v) is 4.68. The van der Waals surface area contributed by atoms with Gasteiger partial charge in [0.15, 0.2) is 5.58 Å². The van der Waals surface area contributed by atoms with E-state index in [2.05, 4.69) is 27.4 Å². The molecular formula is C24H25ClN6O2. The van der Waals surface area contributed by atoms with Gasteiger partial charge in [-0.25, -0.2) is 0 Å². The lowest BCUT2D eigenvalue weighted by molar-refractivity contribution is 0.0499. The Morgan fingerprint density at radius 1 is 1.18 bits per heavy atom. The first-order chi connectivity index (χ1) is 16.0. The molecule has 1 aliphatic rings. The highest BCUT2D eigenvalue weighted by Crippen LogP contribution is 2.28. The van der Waals surface area contributed by atoms with Crippen molar-refractivity contribution in [2.24, 2.45) is 0 Å². The van der Waals surface area contributed by atoms with Crippen molar-refractivity contribution in [1.29, 1.82) is 0 Å². The molecule has 3 heterocycles. The van der Waals surface area contributed by atoms with Crippen molar-refractivity contribution < 1.29 is 9.21 Å². The molecule has 0 radical (unpaired) electrons. The maximum Gasteiger partial charge on any atom is 0.295 e. The number of halogens is 1. The number of likely N-dealkylation sites (tertiary alicyclic amines) is 1. The summed E-state index contributed by atoms with van der Waals surface area (Å²) in [7, 11) is 0. The number of hydrogen-bond acceptors (Lipinski definition) is 6. The van der Waals surface area contributed by atoms with Crippen LogP contribution in [0, 0.1) is 6.92 Å². The summed E-state index contributed by atoms with van der Waals surface area (Å²) in [4.78, 5) is 21.8. The SMILES string of the molecule is Cc1ccc(-n2nccn2)c(C(=O)N2C(C)CCCC2CNc2nc3cc(Cl)ccc3o2)c1. The summed E-state index contributed by atoms with van der Waals surface area (Å²) >= 11 is 6.06. The third-order valence-electron chi connectivity index (χ3n) is 6.12. The van der Waals surface area contributed by atoms with E-state index < -0.39 is 0 Å². The van der Waals surface area contributed by atoms with E-state index in [1.807, 2.05) is 30.0 Å². The maximum absolute atomic E-state index is 13.9. The van der Waals surface area contributed by atoms with Crippen LogP contribution in [0.3, 0.4) is 0 Å². The van der Waals surface area contributed by atoms with Crippen LogP contribution < -0.4 is 5.32 Å². The first-order valence-corrected chi connectivity index (χ1v) is 11.5. The summed E-state index contributed by atoms with van der Waals surface area (Å²) in [6.45, 7) is 4.63. The second-order valence-corrected chi connectivity index (χ2v) is 8.93. The molecule has 0 aliphatic carbocycles. The van der Waals surface area contributed by atoms with Crippen LogP contribution in [0.15, 0.2) is 53.2 Å². The number of aromatic nitrogens is 4. The van der Waals surface area contributed by atoms with Crippen LogP contribution in [0.4, 0.5) is 6.01 Å². The zero-order valence-corrected chi connectivity index (χ0v) is 19.3. The first-order valence-electron chi connectivity index (χ1n) is 11.1. The topological polar surface area (TPSA) is 89.1 Å². The number of fused-ring (bicyclic) bond motifs is 1. The van der Waals surface area contributed by atoms with Gasteiger partial charge < -0.3 is 14.6 Å². The Balaban J connectivity index is 1.41. The van der Waals surface area contributed by atoms with E-state index in [-0.39, 0.29) is 18.0 Å². The Morgan fingerprint density at radius 2 is 2.00 bits per heavy atom. The van der Waals surface area contributed by atoms with Crippen molar-refractivity contribution in [3.8, 4) is 5.69 Å². The predicted molar refractivity (Wildman–Crippen MR) is 127 cm³/mol. The summed E-state index contributed by atoms with van der Waals surface area (Å²) < 4.78 is 5.80. The maximum atomic E-state index is 13.9. The Kier molecular flexibility index (Phi) is 5.76. The number of oxazole rings is 1. The molecule has 2 atom stereocenters. The molecular weight excluding hydrogens is 440 g/mol. The summed E-state index contributed by atoms with van der Waals surface area (Å²) in [5, 5.41) is 12.4. The second-order valence-electron chi connectivity index (χ2n) is 8.50. The zero-order valence-electron chi connectivity index (χ0n) is 18.5. The van der Waals surface area contributed by atoms with E-state index in [1.165, 1.54) is 4.80 Å². The van der Waals surface area contributed by atoms with E-state index >= 15 is 0 Å². The van der Waals surface area contributed by atoms with Gasteiger partial charge in [-0.15, -0.1) is 0 Å². The highest BCUT2D eigenvalue weighted by Gasteiger charge is 2.34. The van der Waals surface area contributed by atoms with Crippen LogP contribution in [0.5, 0.6) is 0 Å². The van der Waals surface area contributed by atoms with Gasteiger partial charge in [0.2, 0.25) is 0 Å². The van der Waals surface area contributed by atoms with Gasteiger partial charge in [0.25, 0.3) is 11.9 Å². The smallest absolute Gasteiger partial charge is 0.295 e. The summed E-state index contributed by atoms with van der Waals surface area (Å²) in [6, 6.07) is 11.7. The van der Waals surface area contributed by atoms with Gasteiger partial charge in [-0.1, -0.05) is 23.2 Å². The molecule has 0 saturated carbocycles. The van der Waals surface area contributed by atoms with Crippen LogP contribution in [0.25, 0.3) is 16.8 Å². The van der Waals surface area contributed by atoms with Gasteiger partial charge in [-0.3, -0.25) is 4.79 Å². The average Bonchev–Trinajstić information content (AvgIpc) is 3.47. The minimum atomic E-state index is -0.0191. The number of nitrogens with zero attached hydrogens (tertiary/aromatic N) is 5. The highest BCUT2D eigenvalue weighted by atomic mass is 35.5. The minimum absolute atomic E-state index is 0.00112. The van der Waals surface area contributed by atoms with Crippen LogP contribution in [0.2, 0.25) is 5.02 Å². The minimum Gasteiger partial charge on any atom is -0.424 e. The molecule has 1 fully saturated rings. The van der Waals surface area contributed by atoms with Crippen LogP contribution >= 0.6 is 11.6 Å². The lowest BCUT2D eigenvalue weighted by atomic mass is 9.94. The van der Waals surface area contributed by atoms with Crippen LogP contribution in [0.1, 0.15) is 42.1 Å². The molecule has 1 aliphatic heterocycles. The third-order valence-corrected chi connectivity index (χ3v) is 6.35. The van der Waals surface area contributed by atoms with E-state index in [4.69, 9.17) is 16.0 Å². The molecule has 4 aromatic rings. The lowest BCUT2D eigenvalue weighted by Crippen LogP contribution is -2.51. The number of hydrogen-bond donors (Lipinski definition) is 1. The molecule has 170 valence electrons. The van der Waals surface area contributed by atoms with E-state index in [0.717, 1.165) is 24.8 Å². The largest absolute Gasteiger partial charge is 0.424 e. The number of nitrogens with one attached hydrogen (secondary N) is 1. The quantitative estimate of drug-likeness (QED) is 0.453. The first kappa shape index (κ1) is 21.5. The summed E-state index contributed by atoms with van der Waals surface area (Å²) in [5.74, 6) is -0.0191. The Labute approximate surface area is 196 Å². The number of rotatable bonds is 5. The zero-order chi connectivity index (χ0) is 22.9. The Morgan fingerprint density at radius 3 is 2.82 bits per heavy atom. The molecule has 8 nitrogen and oxygen atoms in total. The lowest BCUT2D eigenvalue weighted by Gasteiger charge is -2.41. The van der Waals surface area contributed by atoms with Crippen molar-refractivity contribution in [2.45, 2.75) is 45.2 Å². The van der Waals surface area contributed by atoms with Gasteiger partial charge in [-0.2, -0.15) is 20.0 Å². The van der Waals surface area contributed by atoms with Crippen molar-refractivity contribution in [3.05, 3.63) is 64.9 Å². The van der Waals surface area contributed by atoms with Crippen LogP contribution in [-0.4, -0.2) is 49.4 Å². The number of amides is 1. The number of benzene rings is 2. The monoisotopic (exact) mass is 464 g/mol. The molecule has 33 heavy (non-hydrogen) atoms. The number of carbonyl (C=O) groups excluding carboxylic acids is 1. The van der Waals surface area contributed by atoms with E-state index in [1.54, 1.807) is 30.6 Å². The molecule has 2 aromatic carbocycles. The Bertz CT molecular complexity index is 1290. The third kappa shape index (κ3) is 4.30. The van der Waals surface area contributed by atoms with E-state index in [9.17, 15) is 4.79 Å². The van der Waals surface area contributed by atoms with Crippen molar-refractivity contribution in [2.75, 3.05) is 11.9 Å². The van der Waals surface area contributed by atoms with Crippen molar-refractivity contribution >= 4 is 34.6 Å². The second kappa shape index (κ2) is 8.86. The average molecular weight is 465 g/mol. The summed E-state index contributed by atoms with van der Waals surface area (Å²) in [5.41, 5.74) is 3.66. The van der Waals surface area contributed by atoms with Crippen molar-refractivity contribution in [3.63, 3.8) is 0 Å². The van der Waals surface area contributed by atoms with Gasteiger partial charge in [0.05, 0.1) is 23.6 Å². The molecule has 1 N–H and O–H groups in total. The van der Waals surface area contributed by atoms with Gasteiger partial charge >= 0.3 is 0 Å². The van der Waals surface area contributed by atoms with E-state index in [0.29, 0.717) is 39.9 Å². The fraction of sp³-hybridized carbons (Fsp3) is 0.333. The standard InChI is InChI=1S/C24H25ClN6O2/c1-15-6-8-21(31-27-10-11-28-31)19(12-15)23(32)30-16(2)4-3-5-18(30)14-26-24-29-20-13-17(25)7-9-22(20)33-24/h6-13,16,18H,3-5,14H2,1-2H3,(H,26,29). The normalized spacial score (nSPS) is 18.6. The van der Waals surface area contributed by atoms with Gasteiger partial charge in [0, 0.05) is 23.7 Å². The molecule has 0 bridgehead atoms. The Hall–Kier alpha value is -3.39. The molecule has 1 amide bonds. The molecule has 2 unspecified atom stereocenters. The number of anilines is 1. The fourth-order valence-electron chi connectivity index (χ4n) is 4.51. The number of carbonyl (C=O) groups is 1. The summed E-state index contributed by atoms with van der Waals surface area (Å²) in [6.07, 6.45) is 6.14. The number of piperidine rings is 1. The molecule has 1 saturated heterocycles. The predicted octanol–water partition coefficient (Wildman–Crippen LogP) is 4.87. The number of aryl methyl sites for hydroxylation is 1. The van der Waals surface area contributed by atoms with Gasteiger partial charge in [-0.05, 0) is 63.4 Å². The molecule has 2 aromatic heterocycles. The highest BCUT2D eigenvalue weighted by molar-refractivity contribution is 6.31. The molecule has 9 heteroatoms.